The third kappa shape index (κ3) is 1.90. The molecule has 4 rings (SSSR count). The number of halogens is 2. The first-order chi connectivity index (χ1) is 9.74. The van der Waals surface area contributed by atoms with Crippen molar-refractivity contribution in [3.8, 4) is 0 Å². The second kappa shape index (κ2) is 4.80. The molecule has 0 aromatic heterocycles. The zero-order valence-electron chi connectivity index (χ0n) is 11.6. The summed E-state index contributed by atoms with van der Waals surface area (Å²) in [6.07, 6.45) is 6.73. The van der Waals surface area contributed by atoms with Gasteiger partial charge in [0.1, 0.15) is 11.6 Å². The number of benzene rings is 1. The van der Waals surface area contributed by atoms with E-state index in [0.29, 0.717) is 12.6 Å². The summed E-state index contributed by atoms with van der Waals surface area (Å²) in [4.78, 5) is 0. The van der Waals surface area contributed by atoms with E-state index in [1.165, 1.54) is 50.3 Å². The van der Waals surface area contributed by atoms with E-state index in [4.69, 9.17) is 0 Å². The highest BCUT2D eigenvalue weighted by Gasteiger charge is 2.53. The Morgan fingerprint density at radius 3 is 2.55 bits per heavy atom. The maximum Gasteiger partial charge on any atom is 0.130 e. The van der Waals surface area contributed by atoms with Gasteiger partial charge in [0.25, 0.3) is 0 Å². The summed E-state index contributed by atoms with van der Waals surface area (Å²) in [5, 5.41) is 3.44. The monoisotopic (exact) mass is 277 g/mol. The Hall–Kier alpha value is -0.960. The molecular weight excluding hydrogens is 256 g/mol. The smallest absolute Gasteiger partial charge is 0.130 e. The molecule has 0 radical (unpaired) electrons. The number of rotatable bonds is 3. The van der Waals surface area contributed by atoms with Crippen molar-refractivity contribution in [1.82, 2.24) is 5.32 Å². The van der Waals surface area contributed by atoms with Crippen LogP contribution in [0.3, 0.4) is 0 Å². The molecule has 2 bridgehead atoms. The van der Waals surface area contributed by atoms with Gasteiger partial charge in [0.2, 0.25) is 0 Å². The fourth-order valence-electron chi connectivity index (χ4n) is 5.24. The van der Waals surface area contributed by atoms with Crippen molar-refractivity contribution in [2.24, 2.45) is 23.7 Å². The molecule has 0 heterocycles. The highest BCUT2D eigenvalue weighted by Crippen LogP contribution is 2.58. The highest BCUT2D eigenvalue weighted by atomic mass is 19.1. The Balaban J connectivity index is 1.44. The molecule has 3 heteroatoms. The lowest BCUT2D eigenvalue weighted by Crippen LogP contribution is -2.39. The van der Waals surface area contributed by atoms with Crippen molar-refractivity contribution in [3.05, 3.63) is 35.4 Å². The van der Waals surface area contributed by atoms with Gasteiger partial charge in [-0.15, -0.1) is 0 Å². The van der Waals surface area contributed by atoms with Gasteiger partial charge in [-0.25, -0.2) is 8.78 Å². The molecule has 108 valence electrons. The van der Waals surface area contributed by atoms with Crippen LogP contribution < -0.4 is 5.32 Å². The van der Waals surface area contributed by atoms with Crippen LogP contribution in [0.1, 0.15) is 37.7 Å². The van der Waals surface area contributed by atoms with Crippen LogP contribution >= 0.6 is 0 Å². The Kier molecular flexibility index (Phi) is 3.06. The first-order valence-corrected chi connectivity index (χ1v) is 7.90. The summed E-state index contributed by atoms with van der Waals surface area (Å²) >= 11 is 0. The van der Waals surface area contributed by atoms with E-state index in [2.05, 4.69) is 5.32 Å². The van der Waals surface area contributed by atoms with E-state index in [9.17, 15) is 8.78 Å². The lowest BCUT2D eigenvalue weighted by Gasteiger charge is -2.32. The van der Waals surface area contributed by atoms with E-state index >= 15 is 0 Å². The standard InChI is InChI=1S/C17H21F2N/c18-15-5-2-6-16(19)14(15)9-20-17-8-10-7-13(17)12-4-1-3-11(10)12/h2,5-6,10-13,17,20H,1,3-4,7-9H2. The van der Waals surface area contributed by atoms with Gasteiger partial charge < -0.3 is 5.32 Å². The van der Waals surface area contributed by atoms with Crippen LogP contribution in [-0.2, 0) is 6.54 Å². The first kappa shape index (κ1) is 12.8. The van der Waals surface area contributed by atoms with Gasteiger partial charge in [-0.2, -0.15) is 0 Å². The third-order valence-electron chi connectivity index (χ3n) is 6.03. The minimum absolute atomic E-state index is 0.193. The number of nitrogens with one attached hydrogen (secondary N) is 1. The maximum atomic E-state index is 13.6. The van der Waals surface area contributed by atoms with Crippen LogP contribution in [0.5, 0.6) is 0 Å². The van der Waals surface area contributed by atoms with E-state index in [1.807, 2.05) is 0 Å². The normalized spacial score (nSPS) is 38.4. The summed E-state index contributed by atoms with van der Waals surface area (Å²) < 4.78 is 27.3. The van der Waals surface area contributed by atoms with E-state index < -0.39 is 11.6 Å². The van der Waals surface area contributed by atoms with E-state index in [0.717, 1.165) is 23.7 Å². The third-order valence-corrected chi connectivity index (χ3v) is 6.03. The molecule has 3 saturated carbocycles. The van der Waals surface area contributed by atoms with Crippen LogP contribution in [0.25, 0.3) is 0 Å². The van der Waals surface area contributed by atoms with Gasteiger partial charge in [-0.05, 0) is 61.5 Å². The molecule has 1 N–H and O–H groups in total. The first-order valence-electron chi connectivity index (χ1n) is 7.90. The molecule has 3 fully saturated rings. The number of hydrogen-bond acceptors (Lipinski definition) is 1. The lowest BCUT2D eigenvalue weighted by atomic mass is 9.79. The SMILES string of the molecule is Fc1cccc(F)c1CNC1CC2CC1C1CCCC21. The molecule has 1 nitrogen and oxygen atoms in total. The lowest BCUT2D eigenvalue weighted by molar-refractivity contribution is 0.207. The second-order valence-electron chi connectivity index (χ2n) is 6.84. The average molecular weight is 277 g/mol. The summed E-state index contributed by atoms with van der Waals surface area (Å²) in [5.41, 5.74) is 0.193. The summed E-state index contributed by atoms with van der Waals surface area (Å²) in [6, 6.07) is 4.58. The molecule has 5 unspecified atom stereocenters. The van der Waals surface area contributed by atoms with Gasteiger partial charge >= 0.3 is 0 Å². The summed E-state index contributed by atoms with van der Waals surface area (Å²) in [7, 11) is 0. The van der Waals surface area contributed by atoms with Gasteiger partial charge in [-0.3, -0.25) is 0 Å². The summed E-state index contributed by atoms with van der Waals surface area (Å²) in [5.74, 6) is 2.61. The Labute approximate surface area is 118 Å². The van der Waals surface area contributed by atoms with Crippen LogP contribution in [0.4, 0.5) is 8.78 Å². The van der Waals surface area contributed by atoms with Gasteiger partial charge in [0, 0.05) is 18.2 Å². The van der Waals surface area contributed by atoms with Gasteiger partial charge in [-0.1, -0.05) is 12.5 Å². The molecule has 3 aliphatic rings. The number of fused-ring (bicyclic) bond motifs is 5. The average Bonchev–Trinajstić information content (AvgIpc) is 3.10. The minimum atomic E-state index is -0.431. The molecule has 1 aromatic carbocycles. The van der Waals surface area contributed by atoms with Crippen molar-refractivity contribution in [2.75, 3.05) is 0 Å². The van der Waals surface area contributed by atoms with Crippen molar-refractivity contribution < 1.29 is 8.78 Å². The molecule has 1 aromatic rings. The fraction of sp³-hybridized carbons (Fsp3) is 0.647. The molecule has 3 aliphatic carbocycles. The quantitative estimate of drug-likeness (QED) is 0.884. The fourth-order valence-corrected chi connectivity index (χ4v) is 5.24. The van der Waals surface area contributed by atoms with Crippen molar-refractivity contribution in [2.45, 2.75) is 44.7 Å². The largest absolute Gasteiger partial charge is 0.309 e. The maximum absolute atomic E-state index is 13.6. The van der Waals surface area contributed by atoms with Crippen LogP contribution in [-0.4, -0.2) is 6.04 Å². The minimum Gasteiger partial charge on any atom is -0.309 e. The molecule has 0 aliphatic heterocycles. The van der Waals surface area contributed by atoms with E-state index in [-0.39, 0.29) is 5.56 Å². The molecule has 0 spiro atoms. The Morgan fingerprint density at radius 1 is 1.00 bits per heavy atom. The molecular formula is C17H21F2N. The van der Waals surface area contributed by atoms with Crippen molar-refractivity contribution in [1.29, 1.82) is 0 Å². The van der Waals surface area contributed by atoms with Crippen LogP contribution in [0.15, 0.2) is 18.2 Å². The van der Waals surface area contributed by atoms with Crippen molar-refractivity contribution >= 4 is 0 Å². The van der Waals surface area contributed by atoms with Crippen molar-refractivity contribution in [3.63, 3.8) is 0 Å². The van der Waals surface area contributed by atoms with Gasteiger partial charge in [0.15, 0.2) is 0 Å². The second-order valence-corrected chi connectivity index (χ2v) is 6.84. The van der Waals surface area contributed by atoms with Crippen LogP contribution in [0, 0.1) is 35.3 Å². The highest BCUT2D eigenvalue weighted by molar-refractivity contribution is 5.20. The molecule has 20 heavy (non-hydrogen) atoms. The predicted molar refractivity (Wildman–Crippen MR) is 74.0 cm³/mol. The zero-order valence-corrected chi connectivity index (χ0v) is 11.6. The van der Waals surface area contributed by atoms with Gasteiger partial charge in [0.05, 0.1) is 0 Å². The molecule has 0 saturated heterocycles. The zero-order chi connectivity index (χ0) is 13.7. The predicted octanol–water partition coefficient (Wildman–Crippen LogP) is 3.88. The molecule has 5 atom stereocenters. The molecule has 0 amide bonds. The topological polar surface area (TPSA) is 12.0 Å². The van der Waals surface area contributed by atoms with E-state index in [1.54, 1.807) is 0 Å². The number of hydrogen-bond donors (Lipinski definition) is 1. The summed E-state index contributed by atoms with van der Waals surface area (Å²) in [6.45, 7) is 0.323. The Bertz CT molecular complexity index is 495. The Morgan fingerprint density at radius 2 is 1.75 bits per heavy atom. The van der Waals surface area contributed by atoms with Crippen LogP contribution in [0.2, 0.25) is 0 Å².